The van der Waals surface area contributed by atoms with Gasteiger partial charge in [-0.1, -0.05) is 18.7 Å². The van der Waals surface area contributed by atoms with Crippen molar-refractivity contribution in [2.75, 3.05) is 5.32 Å². The summed E-state index contributed by atoms with van der Waals surface area (Å²) in [6.07, 6.45) is 3.30. The van der Waals surface area contributed by atoms with Crippen LogP contribution in [-0.2, 0) is 11.3 Å². The molecule has 0 atom stereocenters. The van der Waals surface area contributed by atoms with E-state index in [9.17, 15) is 9.59 Å². The molecule has 3 N–H and O–H groups in total. The van der Waals surface area contributed by atoms with Crippen LogP contribution in [0.5, 0.6) is 5.75 Å². The molecule has 7 heteroatoms. The lowest BCUT2D eigenvalue weighted by Crippen LogP contribution is -2.15. The van der Waals surface area contributed by atoms with Crippen molar-refractivity contribution in [3.8, 4) is 5.75 Å². The number of rotatable bonds is 5. The van der Waals surface area contributed by atoms with Crippen molar-refractivity contribution in [1.29, 1.82) is 0 Å². The molecule has 0 bridgehead atoms. The van der Waals surface area contributed by atoms with E-state index in [0.29, 0.717) is 12.2 Å². The van der Waals surface area contributed by atoms with Gasteiger partial charge in [0.1, 0.15) is 0 Å². The van der Waals surface area contributed by atoms with Crippen LogP contribution in [0.25, 0.3) is 0 Å². The van der Waals surface area contributed by atoms with Gasteiger partial charge in [0.05, 0.1) is 18.9 Å². The van der Waals surface area contributed by atoms with Gasteiger partial charge in [0.15, 0.2) is 5.75 Å². The number of amides is 2. The number of benzene rings is 1. The van der Waals surface area contributed by atoms with Crippen LogP contribution < -0.4 is 15.8 Å². The van der Waals surface area contributed by atoms with Crippen LogP contribution in [0, 0.1) is 0 Å². The average molecular weight is 286 g/mol. The molecular weight excluding hydrogens is 272 g/mol. The summed E-state index contributed by atoms with van der Waals surface area (Å²) in [6, 6.07) is 7.27. The Balaban J connectivity index is 1.99. The van der Waals surface area contributed by atoms with Crippen LogP contribution in [0.2, 0.25) is 0 Å². The lowest BCUT2D eigenvalue weighted by Gasteiger charge is -2.05. The second-order valence-electron chi connectivity index (χ2n) is 4.19. The number of anilines is 1. The highest BCUT2D eigenvalue weighted by Crippen LogP contribution is 2.13. The number of nitrogens with two attached hydrogens (primary N) is 1. The first-order valence-electron chi connectivity index (χ1n) is 6.09. The van der Waals surface area contributed by atoms with Gasteiger partial charge >= 0.3 is 6.09 Å². The summed E-state index contributed by atoms with van der Waals surface area (Å²) in [6.45, 7) is 3.88. The lowest BCUT2D eigenvalue weighted by atomic mass is 10.2. The third-order valence-corrected chi connectivity index (χ3v) is 2.58. The van der Waals surface area contributed by atoms with E-state index in [1.165, 1.54) is 12.3 Å². The molecule has 0 aliphatic rings. The fraction of sp³-hybridized carbons (Fsp3) is 0.0714. The molecule has 0 aliphatic carbocycles. The quantitative estimate of drug-likeness (QED) is 0.814. The van der Waals surface area contributed by atoms with E-state index in [0.717, 1.165) is 5.56 Å². The highest BCUT2D eigenvalue weighted by molar-refractivity contribution is 5.98. The first-order valence-corrected chi connectivity index (χ1v) is 6.09. The third-order valence-electron chi connectivity index (χ3n) is 2.58. The van der Waals surface area contributed by atoms with Crippen molar-refractivity contribution in [2.24, 2.45) is 5.73 Å². The first-order chi connectivity index (χ1) is 10.1. The Morgan fingerprint density at radius 3 is 2.71 bits per heavy atom. The molecule has 1 heterocycles. The number of aromatic nitrogens is 2. The zero-order valence-electron chi connectivity index (χ0n) is 11.2. The standard InChI is InChI=1S/C14H14N4O3/c1-2-13(19)17-11-5-3-10(4-6-11)8-18-9-12(7-16-18)21-14(15)20/h2-7,9H,1,8H2,(H2,15,20)(H,17,19). The van der Waals surface area contributed by atoms with Crippen molar-refractivity contribution in [3.63, 3.8) is 0 Å². The fourth-order valence-corrected chi connectivity index (χ4v) is 1.67. The number of primary amides is 1. The first kappa shape index (κ1) is 14.3. The van der Waals surface area contributed by atoms with Gasteiger partial charge in [-0.3, -0.25) is 9.48 Å². The van der Waals surface area contributed by atoms with Crippen LogP contribution in [-0.4, -0.2) is 21.8 Å². The summed E-state index contributed by atoms with van der Waals surface area (Å²) in [5.74, 6) is 0.0282. The van der Waals surface area contributed by atoms with Crippen LogP contribution >= 0.6 is 0 Å². The van der Waals surface area contributed by atoms with Gasteiger partial charge in [-0.25, -0.2) is 4.79 Å². The summed E-state index contributed by atoms with van der Waals surface area (Å²) in [5.41, 5.74) is 6.57. The molecule has 0 saturated heterocycles. The lowest BCUT2D eigenvalue weighted by molar-refractivity contribution is -0.111. The predicted molar refractivity (Wildman–Crippen MR) is 76.8 cm³/mol. The van der Waals surface area contributed by atoms with Gasteiger partial charge in [-0.15, -0.1) is 0 Å². The van der Waals surface area contributed by atoms with E-state index >= 15 is 0 Å². The molecule has 0 aliphatic heterocycles. The molecule has 1 aromatic heterocycles. The molecule has 0 unspecified atom stereocenters. The maximum absolute atomic E-state index is 11.2. The number of hydrogen-bond donors (Lipinski definition) is 2. The minimum absolute atomic E-state index is 0.261. The Hall–Kier alpha value is -3.09. The number of nitrogens with one attached hydrogen (secondary N) is 1. The average Bonchev–Trinajstić information content (AvgIpc) is 2.87. The molecule has 2 amide bonds. The van der Waals surface area contributed by atoms with E-state index in [-0.39, 0.29) is 11.7 Å². The van der Waals surface area contributed by atoms with E-state index < -0.39 is 6.09 Å². The van der Waals surface area contributed by atoms with Gasteiger partial charge in [-0.05, 0) is 23.8 Å². The van der Waals surface area contributed by atoms with Crippen molar-refractivity contribution >= 4 is 17.7 Å². The van der Waals surface area contributed by atoms with Gasteiger partial charge < -0.3 is 15.8 Å². The minimum atomic E-state index is -0.878. The number of nitrogens with zero attached hydrogens (tertiary/aromatic N) is 2. The summed E-state index contributed by atoms with van der Waals surface area (Å²) < 4.78 is 6.31. The SMILES string of the molecule is C=CC(=O)Nc1ccc(Cn2cc(OC(N)=O)cn2)cc1. The zero-order chi connectivity index (χ0) is 15.2. The second kappa shape index (κ2) is 6.38. The maximum Gasteiger partial charge on any atom is 0.410 e. The van der Waals surface area contributed by atoms with Gasteiger partial charge in [-0.2, -0.15) is 5.10 Å². The Kier molecular flexibility index (Phi) is 4.35. The van der Waals surface area contributed by atoms with E-state index in [2.05, 4.69) is 17.0 Å². The van der Waals surface area contributed by atoms with E-state index in [1.54, 1.807) is 23.0 Å². The monoisotopic (exact) mass is 286 g/mol. The summed E-state index contributed by atoms with van der Waals surface area (Å²) in [7, 11) is 0. The van der Waals surface area contributed by atoms with Gasteiger partial charge in [0.25, 0.3) is 0 Å². The summed E-state index contributed by atoms with van der Waals surface area (Å²) in [5, 5.41) is 6.71. The topological polar surface area (TPSA) is 99.2 Å². The van der Waals surface area contributed by atoms with Crippen LogP contribution in [0.4, 0.5) is 10.5 Å². The van der Waals surface area contributed by atoms with Crippen molar-refractivity contribution < 1.29 is 14.3 Å². The summed E-state index contributed by atoms with van der Waals surface area (Å²) in [4.78, 5) is 21.8. The van der Waals surface area contributed by atoms with Gasteiger partial charge in [0, 0.05) is 5.69 Å². The molecule has 1 aromatic carbocycles. The number of hydrogen-bond acceptors (Lipinski definition) is 4. The largest absolute Gasteiger partial charge is 0.410 e. The molecule has 0 fully saturated rings. The smallest absolute Gasteiger partial charge is 0.407 e. The van der Waals surface area contributed by atoms with Crippen LogP contribution in [0.3, 0.4) is 0 Å². The zero-order valence-corrected chi connectivity index (χ0v) is 11.2. The second-order valence-corrected chi connectivity index (χ2v) is 4.19. The minimum Gasteiger partial charge on any atom is -0.407 e. The molecule has 7 nitrogen and oxygen atoms in total. The van der Waals surface area contributed by atoms with Crippen LogP contribution in [0.15, 0.2) is 49.3 Å². The molecule has 0 radical (unpaired) electrons. The number of carbonyl (C=O) groups is 2. The van der Waals surface area contributed by atoms with Crippen molar-refractivity contribution in [3.05, 3.63) is 54.9 Å². The molecule has 2 rings (SSSR count). The van der Waals surface area contributed by atoms with Crippen molar-refractivity contribution in [2.45, 2.75) is 6.54 Å². The Bertz CT molecular complexity index is 661. The van der Waals surface area contributed by atoms with Gasteiger partial charge in [0.2, 0.25) is 5.91 Å². The van der Waals surface area contributed by atoms with Crippen LogP contribution in [0.1, 0.15) is 5.56 Å². The Labute approximate surface area is 121 Å². The normalized spacial score (nSPS) is 9.90. The predicted octanol–water partition coefficient (Wildman–Crippen LogP) is 1.51. The van der Waals surface area contributed by atoms with Crippen molar-refractivity contribution in [1.82, 2.24) is 9.78 Å². The molecular formula is C14H14N4O3. The molecule has 0 spiro atoms. The number of carbonyl (C=O) groups excluding carboxylic acids is 2. The summed E-state index contributed by atoms with van der Waals surface area (Å²) >= 11 is 0. The molecule has 108 valence electrons. The highest BCUT2D eigenvalue weighted by atomic mass is 16.5. The highest BCUT2D eigenvalue weighted by Gasteiger charge is 2.04. The van der Waals surface area contributed by atoms with E-state index in [1.807, 2.05) is 12.1 Å². The molecule has 0 saturated carbocycles. The van der Waals surface area contributed by atoms with E-state index in [4.69, 9.17) is 10.5 Å². The number of ether oxygens (including phenoxy) is 1. The Morgan fingerprint density at radius 2 is 2.10 bits per heavy atom. The fourth-order valence-electron chi connectivity index (χ4n) is 1.67. The Morgan fingerprint density at radius 1 is 1.38 bits per heavy atom. The maximum atomic E-state index is 11.2. The molecule has 21 heavy (non-hydrogen) atoms. The third kappa shape index (κ3) is 4.20. The molecule has 2 aromatic rings.